The quantitative estimate of drug-likeness (QED) is 0.651. The molecule has 1 N–H and O–H groups in total. The fraction of sp³-hybridized carbons (Fsp3) is 0.364. The molecule has 0 amide bonds. The van der Waals surface area contributed by atoms with Gasteiger partial charge in [0, 0.05) is 27.6 Å². The molecule has 3 nitrogen and oxygen atoms in total. The van der Waals surface area contributed by atoms with Crippen LogP contribution >= 0.6 is 31.9 Å². The molecular formula is C11H13Br2NO2. The first kappa shape index (κ1) is 13.5. The third-order valence-corrected chi connectivity index (χ3v) is 3.21. The second-order valence-electron chi connectivity index (χ2n) is 3.23. The summed E-state index contributed by atoms with van der Waals surface area (Å²) in [6.07, 6.45) is 1.20. The van der Waals surface area contributed by atoms with Gasteiger partial charge >= 0.3 is 5.97 Å². The maximum atomic E-state index is 10.9. The highest BCUT2D eigenvalue weighted by Crippen LogP contribution is 2.25. The van der Waals surface area contributed by atoms with Crippen molar-refractivity contribution in [3.63, 3.8) is 0 Å². The standard InChI is InChI=1S/C11H13Br2NO2/c1-16-11(15)3-2-6-14-10-7-8(12)4-5-9(10)13/h4-5,7,14H,2-3,6H2,1H3. The van der Waals surface area contributed by atoms with Gasteiger partial charge in [-0.15, -0.1) is 0 Å². The number of carbonyl (C=O) groups excluding carboxylic acids is 1. The topological polar surface area (TPSA) is 38.3 Å². The Kier molecular flexibility index (Phi) is 5.84. The SMILES string of the molecule is COC(=O)CCCNc1cc(Br)ccc1Br. The predicted octanol–water partition coefficient (Wildman–Crippen LogP) is 3.58. The highest BCUT2D eigenvalue weighted by molar-refractivity contribution is 9.11. The number of anilines is 1. The minimum atomic E-state index is -0.171. The van der Waals surface area contributed by atoms with Crippen molar-refractivity contribution in [3.8, 4) is 0 Å². The fourth-order valence-corrected chi connectivity index (χ4v) is 1.94. The van der Waals surface area contributed by atoms with E-state index in [0.29, 0.717) is 6.42 Å². The summed E-state index contributed by atoms with van der Waals surface area (Å²) in [5, 5.41) is 3.25. The van der Waals surface area contributed by atoms with Crippen molar-refractivity contribution >= 4 is 43.5 Å². The van der Waals surface area contributed by atoms with Gasteiger partial charge in [-0.1, -0.05) is 15.9 Å². The summed E-state index contributed by atoms with van der Waals surface area (Å²) in [7, 11) is 1.40. The van der Waals surface area contributed by atoms with E-state index >= 15 is 0 Å². The molecule has 0 aliphatic carbocycles. The Bertz CT molecular complexity index is 369. The molecule has 1 aromatic rings. The van der Waals surface area contributed by atoms with Crippen LogP contribution in [0.5, 0.6) is 0 Å². The molecular weight excluding hydrogens is 338 g/mol. The van der Waals surface area contributed by atoms with Crippen LogP contribution in [0.3, 0.4) is 0 Å². The van der Waals surface area contributed by atoms with Crippen LogP contribution < -0.4 is 5.32 Å². The number of benzene rings is 1. The Morgan fingerprint density at radius 3 is 2.88 bits per heavy atom. The third-order valence-electron chi connectivity index (χ3n) is 2.03. The fourth-order valence-electron chi connectivity index (χ4n) is 1.19. The number of rotatable bonds is 5. The highest BCUT2D eigenvalue weighted by atomic mass is 79.9. The van der Waals surface area contributed by atoms with E-state index in [9.17, 15) is 4.79 Å². The number of carbonyl (C=O) groups is 1. The van der Waals surface area contributed by atoms with Crippen LogP contribution in [-0.2, 0) is 9.53 Å². The number of hydrogen-bond acceptors (Lipinski definition) is 3. The van der Waals surface area contributed by atoms with Crippen molar-refractivity contribution in [2.45, 2.75) is 12.8 Å². The third kappa shape index (κ3) is 4.53. The van der Waals surface area contributed by atoms with Crippen molar-refractivity contribution in [1.82, 2.24) is 0 Å². The summed E-state index contributed by atoms with van der Waals surface area (Å²) >= 11 is 6.85. The van der Waals surface area contributed by atoms with Crippen LogP contribution in [-0.4, -0.2) is 19.6 Å². The molecule has 0 bridgehead atoms. The molecule has 1 aromatic carbocycles. The van der Waals surface area contributed by atoms with Crippen molar-refractivity contribution in [1.29, 1.82) is 0 Å². The van der Waals surface area contributed by atoms with Crippen LogP contribution in [0.15, 0.2) is 27.1 Å². The normalized spacial score (nSPS) is 9.94. The Labute approximate surface area is 112 Å². The number of halogens is 2. The molecule has 0 saturated heterocycles. The van der Waals surface area contributed by atoms with Gasteiger partial charge < -0.3 is 10.1 Å². The van der Waals surface area contributed by atoms with E-state index < -0.39 is 0 Å². The Hall–Kier alpha value is -0.550. The highest BCUT2D eigenvalue weighted by Gasteiger charge is 2.02. The summed E-state index contributed by atoms with van der Waals surface area (Å²) in [6.45, 7) is 0.740. The summed E-state index contributed by atoms with van der Waals surface area (Å²) in [5.41, 5.74) is 1.01. The molecule has 0 spiro atoms. The van der Waals surface area contributed by atoms with Gasteiger partial charge in [0.2, 0.25) is 0 Å². The zero-order valence-corrected chi connectivity index (χ0v) is 12.1. The lowest BCUT2D eigenvalue weighted by molar-refractivity contribution is -0.140. The van der Waals surface area contributed by atoms with E-state index in [0.717, 1.165) is 27.6 Å². The first-order chi connectivity index (χ1) is 7.63. The van der Waals surface area contributed by atoms with E-state index in [1.807, 2.05) is 18.2 Å². The lowest BCUT2D eigenvalue weighted by Crippen LogP contribution is -2.06. The predicted molar refractivity (Wildman–Crippen MR) is 71.6 cm³/mol. The van der Waals surface area contributed by atoms with E-state index in [2.05, 4.69) is 41.9 Å². The lowest BCUT2D eigenvalue weighted by atomic mass is 10.3. The van der Waals surface area contributed by atoms with Crippen molar-refractivity contribution in [2.24, 2.45) is 0 Å². The average molecular weight is 351 g/mol. The molecule has 1 rings (SSSR count). The molecule has 0 unspecified atom stereocenters. The molecule has 0 aromatic heterocycles. The van der Waals surface area contributed by atoms with E-state index in [4.69, 9.17) is 0 Å². The van der Waals surface area contributed by atoms with Gasteiger partial charge in [-0.25, -0.2) is 0 Å². The van der Waals surface area contributed by atoms with Gasteiger partial charge in [0.25, 0.3) is 0 Å². The minimum Gasteiger partial charge on any atom is -0.469 e. The van der Waals surface area contributed by atoms with E-state index in [1.54, 1.807) is 0 Å². The molecule has 0 aliphatic heterocycles. The second kappa shape index (κ2) is 6.91. The van der Waals surface area contributed by atoms with Gasteiger partial charge in [0.15, 0.2) is 0 Å². The Morgan fingerprint density at radius 2 is 2.19 bits per heavy atom. The van der Waals surface area contributed by atoms with Gasteiger partial charge in [-0.2, -0.15) is 0 Å². The molecule has 16 heavy (non-hydrogen) atoms. The summed E-state index contributed by atoms with van der Waals surface area (Å²) in [5.74, 6) is -0.171. The molecule has 0 fully saturated rings. The molecule has 0 saturated carbocycles. The molecule has 88 valence electrons. The van der Waals surface area contributed by atoms with E-state index in [1.165, 1.54) is 7.11 Å². The van der Waals surface area contributed by atoms with Crippen LogP contribution in [0.25, 0.3) is 0 Å². The monoisotopic (exact) mass is 349 g/mol. The Morgan fingerprint density at radius 1 is 1.44 bits per heavy atom. The molecule has 5 heteroatoms. The average Bonchev–Trinajstić information content (AvgIpc) is 2.28. The maximum absolute atomic E-state index is 10.9. The van der Waals surface area contributed by atoms with Crippen LogP contribution in [0.1, 0.15) is 12.8 Å². The van der Waals surface area contributed by atoms with Crippen molar-refractivity contribution in [2.75, 3.05) is 19.0 Å². The zero-order valence-electron chi connectivity index (χ0n) is 8.93. The van der Waals surface area contributed by atoms with Gasteiger partial charge in [-0.3, -0.25) is 4.79 Å². The summed E-state index contributed by atoms with van der Waals surface area (Å²) < 4.78 is 6.59. The van der Waals surface area contributed by atoms with Gasteiger partial charge in [-0.05, 0) is 40.5 Å². The molecule has 0 atom stereocenters. The summed E-state index contributed by atoms with van der Waals surface area (Å²) in [4.78, 5) is 10.9. The zero-order chi connectivity index (χ0) is 12.0. The number of hydrogen-bond donors (Lipinski definition) is 1. The van der Waals surface area contributed by atoms with Crippen molar-refractivity contribution < 1.29 is 9.53 Å². The van der Waals surface area contributed by atoms with Gasteiger partial charge in [0.1, 0.15) is 0 Å². The van der Waals surface area contributed by atoms with Crippen LogP contribution in [0.2, 0.25) is 0 Å². The summed E-state index contributed by atoms with van der Waals surface area (Å²) in [6, 6.07) is 5.92. The Balaban J connectivity index is 2.37. The van der Waals surface area contributed by atoms with Crippen LogP contribution in [0, 0.1) is 0 Å². The first-order valence-corrected chi connectivity index (χ1v) is 6.48. The smallest absolute Gasteiger partial charge is 0.305 e. The minimum absolute atomic E-state index is 0.171. The number of nitrogens with one attached hydrogen (secondary N) is 1. The van der Waals surface area contributed by atoms with E-state index in [-0.39, 0.29) is 5.97 Å². The van der Waals surface area contributed by atoms with Crippen LogP contribution in [0.4, 0.5) is 5.69 Å². The number of esters is 1. The maximum Gasteiger partial charge on any atom is 0.305 e. The lowest BCUT2D eigenvalue weighted by Gasteiger charge is -2.08. The van der Waals surface area contributed by atoms with Gasteiger partial charge in [0.05, 0.1) is 7.11 Å². The second-order valence-corrected chi connectivity index (χ2v) is 5.00. The number of ether oxygens (including phenoxy) is 1. The largest absolute Gasteiger partial charge is 0.469 e. The number of methoxy groups -OCH3 is 1. The molecule has 0 aliphatic rings. The van der Waals surface area contributed by atoms with Crippen molar-refractivity contribution in [3.05, 3.63) is 27.1 Å². The first-order valence-electron chi connectivity index (χ1n) is 4.89. The molecule has 0 heterocycles. The molecule has 0 radical (unpaired) electrons.